The molecule has 79 valence electrons. The maximum atomic E-state index is 10.2. The van der Waals surface area contributed by atoms with Crippen LogP contribution in [0.4, 0.5) is 5.69 Å². The Balaban J connectivity index is 2.36. The molecule has 0 saturated heterocycles. The summed E-state index contributed by atoms with van der Waals surface area (Å²) < 4.78 is 0. The molecule has 3 rings (SSSR count). The van der Waals surface area contributed by atoms with Crippen LogP contribution in [-0.4, -0.2) is 6.08 Å². The predicted octanol–water partition coefficient (Wildman–Crippen LogP) is 3.76. The number of fused-ring (bicyclic) bond motifs is 2. The number of benzene rings is 3. The highest BCUT2D eigenvalue weighted by Gasteiger charge is 1.99. The number of aliphatic imine (C=N–C) groups is 1. The Kier molecular flexibility index (Phi) is 2.21. The third-order valence-electron chi connectivity index (χ3n) is 2.77. The number of carbonyl (C=O) groups excluding carboxylic acids is 1. The van der Waals surface area contributed by atoms with Gasteiger partial charge in [0, 0.05) is 6.07 Å². The van der Waals surface area contributed by atoms with Crippen LogP contribution in [0.15, 0.2) is 53.5 Å². The largest absolute Gasteiger partial charge is 0.240 e. The average Bonchev–Trinajstić information content (AvgIpc) is 2.36. The van der Waals surface area contributed by atoms with Gasteiger partial charge >= 0.3 is 0 Å². The van der Waals surface area contributed by atoms with Crippen LogP contribution in [0, 0.1) is 6.07 Å². The molecule has 0 fully saturated rings. The molecule has 0 aromatic heterocycles. The highest BCUT2D eigenvalue weighted by molar-refractivity contribution is 5.98. The van der Waals surface area contributed by atoms with Gasteiger partial charge in [0.25, 0.3) is 0 Å². The average molecular weight is 218 g/mol. The van der Waals surface area contributed by atoms with E-state index in [0.29, 0.717) is 5.69 Å². The SMILES string of the molecule is O=C=Nc1[c]c2cc3ccccc3cc2cc1. The molecule has 0 aliphatic heterocycles. The van der Waals surface area contributed by atoms with Crippen LogP contribution in [0.3, 0.4) is 0 Å². The third kappa shape index (κ3) is 1.71. The lowest BCUT2D eigenvalue weighted by atomic mass is 10.0. The van der Waals surface area contributed by atoms with Crippen molar-refractivity contribution in [3.05, 3.63) is 54.6 Å². The van der Waals surface area contributed by atoms with E-state index < -0.39 is 0 Å². The second-order valence-corrected chi connectivity index (χ2v) is 3.83. The highest BCUT2D eigenvalue weighted by atomic mass is 16.1. The van der Waals surface area contributed by atoms with E-state index in [4.69, 9.17) is 0 Å². The molecule has 3 aromatic carbocycles. The van der Waals surface area contributed by atoms with Crippen LogP contribution in [0.5, 0.6) is 0 Å². The molecular weight excluding hydrogens is 210 g/mol. The van der Waals surface area contributed by atoms with Gasteiger partial charge in [-0.25, -0.2) is 4.79 Å². The van der Waals surface area contributed by atoms with Crippen molar-refractivity contribution in [1.82, 2.24) is 0 Å². The van der Waals surface area contributed by atoms with E-state index in [9.17, 15) is 4.79 Å². The third-order valence-corrected chi connectivity index (χ3v) is 2.77. The molecule has 3 aromatic rings. The lowest BCUT2D eigenvalue weighted by molar-refractivity contribution is 0.565. The Hall–Kier alpha value is -2.44. The van der Waals surface area contributed by atoms with E-state index in [2.05, 4.69) is 35.3 Å². The summed E-state index contributed by atoms with van der Waals surface area (Å²) in [6, 6.07) is 19.1. The Morgan fingerprint density at radius 1 is 0.941 bits per heavy atom. The minimum Gasteiger partial charge on any atom is -0.211 e. The minimum atomic E-state index is 0.516. The second-order valence-electron chi connectivity index (χ2n) is 3.83. The Labute approximate surface area is 98.2 Å². The van der Waals surface area contributed by atoms with Gasteiger partial charge in [-0.3, -0.25) is 0 Å². The van der Waals surface area contributed by atoms with Crippen LogP contribution < -0.4 is 0 Å². The van der Waals surface area contributed by atoms with Crippen LogP contribution in [0.1, 0.15) is 0 Å². The van der Waals surface area contributed by atoms with Gasteiger partial charge in [0.05, 0.1) is 5.69 Å². The monoisotopic (exact) mass is 218 g/mol. The molecule has 2 nitrogen and oxygen atoms in total. The lowest BCUT2D eigenvalue weighted by Gasteiger charge is -2.02. The van der Waals surface area contributed by atoms with Crippen molar-refractivity contribution in [3.63, 3.8) is 0 Å². The van der Waals surface area contributed by atoms with Crippen molar-refractivity contribution in [2.24, 2.45) is 4.99 Å². The Morgan fingerprint density at radius 2 is 1.71 bits per heavy atom. The molecule has 0 heterocycles. The summed E-state index contributed by atoms with van der Waals surface area (Å²) in [6.45, 7) is 0. The van der Waals surface area contributed by atoms with Gasteiger partial charge in [-0.15, -0.1) is 0 Å². The van der Waals surface area contributed by atoms with Crippen LogP contribution in [0.25, 0.3) is 21.5 Å². The standard InChI is InChI=1S/C15H8NO/c17-10-16-15-6-5-13-7-11-3-1-2-4-12(11)8-14(13)9-15/h1-8H. The molecule has 2 heteroatoms. The maximum Gasteiger partial charge on any atom is 0.240 e. The second kappa shape index (κ2) is 3.85. The van der Waals surface area contributed by atoms with Crippen LogP contribution in [-0.2, 0) is 4.79 Å². The smallest absolute Gasteiger partial charge is 0.211 e. The quantitative estimate of drug-likeness (QED) is 0.347. The van der Waals surface area contributed by atoms with Gasteiger partial charge in [0.2, 0.25) is 6.08 Å². The van der Waals surface area contributed by atoms with E-state index in [-0.39, 0.29) is 0 Å². The van der Waals surface area contributed by atoms with Gasteiger partial charge in [0.15, 0.2) is 0 Å². The van der Waals surface area contributed by atoms with E-state index in [1.54, 1.807) is 6.07 Å². The van der Waals surface area contributed by atoms with Crippen molar-refractivity contribution in [3.8, 4) is 0 Å². The van der Waals surface area contributed by atoms with E-state index >= 15 is 0 Å². The molecule has 17 heavy (non-hydrogen) atoms. The van der Waals surface area contributed by atoms with E-state index in [1.807, 2.05) is 18.2 Å². The molecule has 0 bridgehead atoms. The predicted molar refractivity (Wildman–Crippen MR) is 68.1 cm³/mol. The van der Waals surface area contributed by atoms with Gasteiger partial charge in [-0.2, -0.15) is 4.99 Å². The number of hydrogen-bond acceptors (Lipinski definition) is 2. The first-order valence-corrected chi connectivity index (χ1v) is 5.29. The minimum absolute atomic E-state index is 0.516. The first-order chi connectivity index (χ1) is 8.36. The fourth-order valence-electron chi connectivity index (χ4n) is 1.97. The number of rotatable bonds is 1. The number of hydrogen-bond donors (Lipinski definition) is 0. The fraction of sp³-hybridized carbons (Fsp3) is 0. The van der Waals surface area contributed by atoms with E-state index in [0.717, 1.165) is 16.2 Å². The normalized spacial score (nSPS) is 10.4. The van der Waals surface area contributed by atoms with Crippen LogP contribution in [0.2, 0.25) is 0 Å². The van der Waals surface area contributed by atoms with Crippen molar-refractivity contribution >= 4 is 33.3 Å². The summed E-state index contributed by atoms with van der Waals surface area (Å²) in [7, 11) is 0. The van der Waals surface area contributed by atoms with E-state index in [1.165, 1.54) is 11.5 Å². The molecule has 0 N–H and O–H groups in total. The summed E-state index contributed by atoms with van der Waals surface area (Å²) in [4.78, 5) is 13.8. The van der Waals surface area contributed by atoms with Crippen molar-refractivity contribution < 1.29 is 4.79 Å². The molecule has 0 amide bonds. The van der Waals surface area contributed by atoms with Crippen molar-refractivity contribution in [2.75, 3.05) is 0 Å². The molecular formula is C15H8NO. The molecule has 0 unspecified atom stereocenters. The van der Waals surface area contributed by atoms with Gasteiger partial charge in [0.1, 0.15) is 0 Å². The zero-order chi connectivity index (χ0) is 11.7. The summed E-state index contributed by atoms with van der Waals surface area (Å²) in [5.41, 5.74) is 0.516. The summed E-state index contributed by atoms with van der Waals surface area (Å²) >= 11 is 0. The summed E-state index contributed by atoms with van der Waals surface area (Å²) in [5, 5.41) is 4.40. The Morgan fingerprint density at radius 3 is 2.47 bits per heavy atom. The topological polar surface area (TPSA) is 29.4 Å². The number of isocyanates is 1. The number of nitrogens with zero attached hydrogens (tertiary/aromatic N) is 1. The molecule has 1 radical (unpaired) electrons. The summed E-state index contributed by atoms with van der Waals surface area (Å²) in [6.07, 6.45) is 1.53. The molecule has 0 saturated carbocycles. The first-order valence-electron chi connectivity index (χ1n) is 5.29. The first kappa shape index (κ1) is 9.76. The van der Waals surface area contributed by atoms with Crippen molar-refractivity contribution in [1.29, 1.82) is 0 Å². The van der Waals surface area contributed by atoms with Gasteiger partial charge < -0.3 is 0 Å². The van der Waals surface area contributed by atoms with Crippen LogP contribution >= 0.6 is 0 Å². The van der Waals surface area contributed by atoms with Crippen molar-refractivity contribution in [2.45, 2.75) is 0 Å². The fourth-order valence-corrected chi connectivity index (χ4v) is 1.97. The highest BCUT2D eigenvalue weighted by Crippen LogP contribution is 2.25. The van der Waals surface area contributed by atoms with Gasteiger partial charge in [-0.1, -0.05) is 30.3 Å². The maximum absolute atomic E-state index is 10.2. The lowest BCUT2D eigenvalue weighted by Crippen LogP contribution is -1.76. The summed E-state index contributed by atoms with van der Waals surface area (Å²) in [5.74, 6) is 0. The molecule has 0 spiro atoms. The molecule has 0 aliphatic carbocycles. The zero-order valence-corrected chi connectivity index (χ0v) is 8.97. The zero-order valence-electron chi connectivity index (χ0n) is 8.97. The Bertz CT molecular complexity index is 755. The molecule has 0 aliphatic rings. The van der Waals surface area contributed by atoms with Gasteiger partial charge in [-0.05, 0) is 39.7 Å². The molecule has 0 atom stereocenters.